The third-order valence-electron chi connectivity index (χ3n) is 9.70. The standard InChI is InChI=1S/C42H77NO8/c1-3-5-7-9-11-12-13-14-15-16-17-18-19-20-21-22-23-24-25-26-27-29-31-36(45)35(43-38(46)32-30-28-10-8-6-4-2)34-50-42-41(49)40(48)39(47)37(33-44)51-42/h20-21,24-25,29,31,35-37,39-42,44-45,47-49H,3-19,22-23,26-28,30,32-34H2,1-2H3,(H,43,46)/b21-20+,25-24+,31-29+. The predicted molar refractivity (Wildman–Crippen MR) is 207 cm³/mol. The molecule has 0 bridgehead atoms. The number of hydrogen-bond acceptors (Lipinski definition) is 8. The molecule has 298 valence electrons. The number of rotatable bonds is 33. The molecule has 1 saturated heterocycles. The number of carbonyl (C=O) groups excluding carboxylic acids is 1. The molecule has 9 heteroatoms. The Morgan fingerprint density at radius 1 is 0.647 bits per heavy atom. The molecule has 1 amide bonds. The second kappa shape index (κ2) is 33.0. The molecule has 1 aliphatic rings. The fourth-order valence-corrected chi connectivity index (χ4v) is 6.30. The molecule has 7 unspecified atom stereocenters. The summed E-state index contributed by atoms with van der Waals surface area (Å²) in [6.45, 7) is 3.66. The number of amides is 1. The zero-order valence-corrected chi connectivity index (χ0v) is 32.4. The second-order valence-corrected chi connectivity index (χ2v) is 14.4. The maximum absolute atomic E-state index is 12.7. The van der Waals surface area contributed by atoms with Crippen molar-refractivity contribution >= 4 is 5.91 Å². The molecular weight excluding hydrogens is 646 g/mol. The summed E-state index contributed by atoms with van der Waals surface area (Å²) in [5.41, 5.74) is 0. The smallest absolute Gasteiger partial charge is 0.220 e. The van der Waals surface area contributed by atoms with Gasteiger partial charge in [0.15, 0.2) is 6.29 Å². The summed E-state index contributed by atoms with van der Waals surface area (Å²) in [5.74, 6) is -0.202. The molecule has 0 aromatic carbocycles. The van der Waals surface area contributed by atoms with Crippen molar-refractivity contribution in [3.05, 3.63) is 36.5 Å². The molecule has 6 N–H and O–H groups in total. The zero-order chi connectivity index (χ0) is 37.4. The summed E-state index contributed by atoms with van der Waals surface area (Å²) >= 11 is 0. The molecule has 0 aromatic heterocycles. The first-order chi connectivity index (χ1) is 24.8. The van der Waals surface area contributed by atoms with Crippen molar-refractivity contribution in [3.63, 3.8) is 0 Å². The van der Waals surface area contributed by atoms with E-state index in [0.29, 0.717) is 6.42 Å². The first-order valence-corrected chi connectivity index (χ1v) is 20.7. The van der Waals surface area contributed by atoms with Crippen LogP contribution in [0.2, 0.25) is 0 Å². The van der Waals surface area contributed by atoms with Crippen molar-refractivity contribution in [3.8, 4) is 0 Å². The van der Waals surface area contributed by atoms with Crippen LogP contribution in [0.4, 0.5) is 0 Å². The number of aliphatic hydroxyl groups is 5. The van der Waals surface area contributed by atoms with Gasteiger partial charge in [0.05, 0.1) is 25.4 Å². The lowest BCUT2D eigenvalue weighted by Gasteiger charge is -2.40. The third-order valence-corrected chi connectivity index (χ3v) is 9.70. The minimum absolute atomic E-state index is 0.202. The van der Waals surface area contributed by atoms with Gasteiger partial charge in [0, 0.05) is 6.42 Å². The molecule has 1 aliphatic heterocycles. The van der Waals surface area contributed by atoms with Crippen LogP contribution in [0.25, 0.3) is 0 Å². The van der Waals surface area contributed by atoms with Gasteiger partial charge < -0.3 is 40.3 Å². The Morgan fingerprint density at radius 2 is 1.12 bits per heavy atom. The molecule has 0 aliphatic carbocycles. The molecule has 7 atom stereocenters. The van der Waals surface area contributed by atoms with Crippen molar-refractivity contribution in [2.75, 3.05) is 13.2 Å². The number of aliphatic hydroxyl groups excluding tert-OH is 5. The van der Waals surface area contributed by atoms with Crippen LogP contribution in [0.1, 0.15) is 168 Å². The first kappa shape index (κ1) is 47.4. The van der Waals surface area contributed by atoms with Gasteiger partial charge in [-0.05, 0) is 44.9 Å². The highest BCUT2D eigenvalue weighted by molar-refractivity contribution is 5.76. The molecule has 9 nitrogen and oxygen atoms in total. The predicted octanol–water partition coefficient (Wildman–Crippen LogP) is 7.72. The van der Waals surface area contributed by atoms with E-state index in [9.17, 15) is 30.3 Å². The van der Waals surface area contributed by atoms with Gasteiger partial charge in [0.2, 0.25) is 5.91 Å². The van der Waals surface area contributed by atoms with Crippen LogP contribution in [0.3, 0.4) is 0 Å². The highest BCUT2D eigenvalue weighted by Crippen LogP contribution is 2.22. The van der Waals surface area contributed by atoms with Crippen LogP contribution < -0.4 is 5.32 Å². The van der Waals surface area contributed by atoms with Crippen molar-refractivity contribution in [2.24, 2.45) is 0 Å². The lowest BCUT2D eigenvalue weighted by molar-refractivity contribution is -0.302. The van der Waals surface area contributed by atoms with Crippen molar-refractivity contribution in [1.29, 1.82) is 0 Å². The normalized spacial score (nSPS) is 22.4. The number of nitrogens with one attached hydrogen (secondary N) is 1. The lowest BCUT2D eigenvalue weighted by Crippen LogP contribution is -2.60. The fraction of sp³-hybridized carbons (Fsp3) is 0.833. The molecule has 0 aromatic rings. The van der Waals surface area contributed by atoms with E-state index in [2.05, 4.69) is 43.5 Å². The summed E-state index contributed by atoms with van der Waals surface area (Å²) in [6.07, 6.45) is 32.3. The Morgan fingerprint density at radius 3 is 1.65 bits per heavy atom. The largest absolute Gasteiger partial charge is 0.394 e. The van der Waals surface area contributed by atoms with E-state index < -0.39 is 49.5 Å². The van der Waals surface area contributed by atoms with Crippen LogP contribution >= 0.6 is 0 Å². The fourth-order valence-electron chi connectivity index (χ4n) is 6.30. The summed E-state index contributed by atoms with van der Waals surface area (Å²) in [4.78, 5) is 12.7. The summed E-state index contributed by atoms with van der Waals surface area (Å²) in [7, 11) is 0. The monoisotopic (exact) mass is 724 g/mol. The van der Waals surface area contributed by atoms with Crippen molar-refractivity contribution in [1.82, 2.24) is 5.32 Å². The van der Waals surface area contributed by atoms with E-state index >= 15 is 0 Å². The minimum Gasteiger partial charge on any atom is -0.394 e. The average molecular weight is 724 g/mol. The van der Waals surface area contributed by atoms with Crippen LogP contribution in [0.15, 0.2) is 36.5 Å². The molecule has 51 heavy (non-hydrogen) atoms. The minimum atomic E-state index is -1.57. The maximum atomic E-state index is 12.7. The van der Waals surface area contributed by atoms with E-state index in [4.69, 9.17) is 9.47 Å². The third kappa shape index (κ3) is 24.4. The Kier molecular flexibility index (Phi) is 30.7. The van der Waals surface area contributed by atoms with Gasteiger partial charge in [-0.2, -0.15) is 0 Å². The van der Waals surface area contributed by atoms with E-state index in [1.165, 1.54) is 89.9 Å². The molecule has 1 fully saturated rings. The second-order valence-electron chi connectivity index (χ2n) is 14.4. The van der Waals surface area contributed by atoms with E-state index in [1.54, 1.807) is 6.08 Å². The van der Waals surface area contributed by atoms with E-state index in [0.717, 1.165) is 57.8 Å². The Balaban J connectivity index is 2.34. The highest BCUT2D eigenvalue weighted by Gasteiger charge is 2.44. The van der Waals surface area contributed by atoms with Gasteiger partial charge in [-0.25, -0.2) is 0 Å². The average Bonchev–Trinajstić information content (AvgIpc) is 3.13. The van der Waals surface area contributed by atoms with Gasteiger partial charge in [0.1, 0.15) is 24.4 Å². The molecule has 1 rings (SSSR count). The van der Waals surface area contributed by atoms with E-state index in [1.807, 2.05) is 6.08 Å². The molecule has 0 radical (unpaired) electrons. The van der Waals surface area contributed by atoms with Gasteiger partial charge in [-0.15, -0.1) is 0 Å². The molecule has 0 saturated carbocycles. The number of hydrogen-bond donors (Lipinski definition) is 6. The lowest BCUT2D eigenvalue weighted by atomic mass is 9.99. The SMILES string of the molecule is CCCCCCCCCCCCCC/C=C/CC/C=C/CC/C=C/C(O)C(COC1OC(CO)C(O)C(O)C1O)NC(=O)CCCCCCCC. The van der Waals surface area contributed by atoms with Gasteiger partial charge in [0.25, 0.3) is 0 Å². The Labute approximate surface area is 311 Å². The van der Waals surface area contributed by atoms with Crippen LogP contribution in [-0.4, -0.2) is 87.5 Å². The summed E-state index contributed by atoms with van der Waals surface area (Å²) in [6, 6.07) is -0.821. The van der Waals surface area contributed by atoms with Gasteiger partial charge >= 0.3 is 0 Å². The Hall–Kier alpha value is -1.59. The van der Waals surface area contributed by atoms with Gasteiger partial charge in [-0.3, -0.25) is 4.79 Å². The molecular formula is C42H77NO8. The van der Waals surface area contributed by atoms with Gasteiger partial charge in [-0.1, -0.05) is 153 Å². The van der Waals surface area contributed by atoms with Crippen molar-refractivity contribution in [2.45, 2.75) is 211 Å². The van der Waals surface area contributed by atoms with Crippen molar-refractivity contribution < 1.29 is 39.8 Å². The zero-order valence-electron chi connectivity index (χ0n) is 32.4. The number of ether oxygens (including phenoxy) is 2. The van der Waals surface area contributed by atoms with Crippen LogP contribution in [-0.2, 0) is 14.3 Å². The number of carbonyl (C=O) groups is 1. The summed E-state index contributed by atoms with van der Waals surface area (Å²) in [5, 5.41) is 53.7. The van der Waals surface area contributed by atoms with E-state index in [-0.39, 0.29) is 12.5 Å². The highest BCUT2D eigenvalue weighted by atomic mass is 16.7. The van der Waals surface area contributed by atoms with Crippen LogP contribution in [0, 0.1) is 0 Å². The Bertz CT molecular complexity index is 894. The topological polar surface area (TPSA) is 149 Å². The number of unbranched alkanes of at least 4 members (excludes halogenated alkanes) is 19. The van der Waals surface area contributed by atoms with Crippen LogP contribution in [0.5, 0.6) is 0 Å². The quantitative estimate of drug-likeness (QED) is 0.0298. The maximum Gasteiger partial charge on any atom is 0.220 e. The number of allylic oxidation sites excluding steroid dienone is 5. The first-order valence-electron chi connectivity index (χ1n) is 20.7. The molecule has 1 heterocycles. The summed E-state index contributed by atoms with van der Waals surface area (Å²) < 4.78 is 11.1. The molecule has 0 spiro atoms.